The van der Waals surface area contributed by atoms with Gasteiger partial charge >= 0.3 is 0 Å². The summed E-state index contributed by atoms with van der Waals surface area (Å²) in [6.07, 6.45) is 11.7. The minimum atomic E-state index is 0.973. The fourth-order valence-corrected chi connectivity index (χ4v) is 2.82. The Morgan fingerprint density at radius 3 is 3.00 bits per heavy atom. The number of hydrogen-bond acceptors (Lipinski definition) is 2. The monoisotopic (exact) mass is 261 g/mol. The van der Waals surface area contributed by atoms with Crippen LogP contribution < -0.4 is 0 Å². The van der Waals surface area contributed by atoms with Gasteiger partial charge in [-0.2, -0.15) is 0 Å². The van der Waals surface area contributed by atoms with E-state index in [2.05, 4.69) is 32.6 Å². The second-order valence-electron chi connectivity index (χ2n) is 5.12. The van der Waals surface area contributed by atoms with Crippen LogP contribution in [0.25, 0.3) is 22.5 Å². The van der Waals surface area contributed by atoms with Crippen molar-refractivity contribution < 1.29 is 0 Å². The molecule has 0 amide bonds. The number of aromatic nitrogens is 3. The van der Waals surface area contributed by atoms with E-state index in [0.717, 1.165) is 23.5 Å². The van der Waals surface area contributed by atoms with E-state index in [4.69, 9.17) is 0 Å². The fraction of sp³-hybridized carbons (Fsp3) is 0.176. The summed E-state index contributed by atoms with van der Waals surface area (Å²) in [6.45, 7) is 0. The van der Waals surface area contributed by atoms with Crippen LogP contribution in [-0.4, -0.2) is 14.4 Å². The van der Waals surface area contributed by atoms with E-state index < -0.39 is 0 Å². The molecule has 0 atom stereocenters. The maximum Gasteiger partial charge on any atom is 0.137 e. The smallest absolute Gasteiger partial charge is 0.137 e. The topological polar surface area (TPSA) is 30.2 Å². The van der Waals surface area contributed by atoms with Gasteiger partial charge in [-0.1, -0.05) is 12.1 Å². The maximum absolute atomic E-state index is 4.51. The van der Waals surface area contributed by atoms with Crippen LogP contribution in [0.5, 0.6) is 0 Å². The van der Waals surface area contributed by atoms with E-state index in [1.54, 1.807) is 0 Å². The SMILES string of the molecule is C1=C(c2cc(-c3cnc4ccccn34)ccn2)CCC1. The Bertz CT molecular complexity index is 799. The Kier molecular flexibility index (Phi) is 2.62. The van der Waals surface area contributed by atoms with E-state index >= 15 is 0 Å². The summed E-state index contributed by atoms with van der Waals surface area (Å²) >= 11 is 0. The summed E-state index contributed by atoms with van der Waals surface area (Å²) in [5.74, 6) is 0. The minimum Gasteiger partial charge on any atom is -0.300 e. The quantitative estimate of drug-likeness (QED) is 0.699. The van der Waals surface area contributed by atoms with Gasteiger partial charge in [0.2, 0.25) is 0 Å². The molecule has 0 unspecified atom stereocenters. The first-order chi connectivity index (χ1) is 9.92. The van der Waals surface area contributed by atoms with Crippen molar-refractivity contribution in [1.29, 1.82) is 0 Å². The molecule has 3 nitrogen and oxygen atoms in total. The van der Waals surface area contributed by atoms with Gasteiger partial charge in [-0.25, -0.2) is 4.98 Å². The molecule has 20 heavy (non-hydrogen) atoms. The number of imidazole rings is 1. The summed E-state index contributed by atoms with van der Waals surface area (Å²) in [4.78, 5) is 8.96. The normalized spacial score (nSPS) is 14.7. The van der Waals surface area contributed by atoms with Crippen LogP contribution in [0.1, 0.15) is 25.0 Å². The van der Waals surface area contributed by atoms with Gasteiger partial charge in [0, 0.05) is 18.0 Å². The molecule has 3 aromatic heterocycles. The van der Waals surface area contributed by atoms with Gasteiger partial charge in [0.25, 0.3) is 0 Å². The third-order valence-corrected chi connectivity index (χ3v) is 3.84. The molecule has 98 valence electrons. The predicted molar refractivity (Wildman–Crippen MR) is 80.3 cm³/mol. The second-order valence-corrected chi connectivity index (χ2v) is 5.12. The molecular weight excluding hydrogens is 246 g/mol. The maximum atomic E-state index is 4.51. The Hall–Kier alpha value is -2.42. The Labute approximate surface area is 117 Å². The zero-order valence-electron chi connectivity index (χ0n) is 11.2. The van der Waals surface area contributed by atoms with Gasteiger partial charge in [-0.15, -0.1) is 0 Å². The molecule has 4 rings (SSSR count). The number of allylic oxidation sites excluding steroid dienone is 2. The van der Waals surface area contributed by atoms with Crippen molar-refractivity contribution in [2.75, 3.05) is 0 Å². The van der Waals surface area contributed by atoms with Crippen molar-refractivity contribution >= 4 is 11.2 Å². The predicted octanol–water partition coefficient (Wildman–Crippen LogP) is 3.96. The molecule has 0 radical (unpaired) electrons. The lowest BCUT2D eigenvalue weighted by molar-refractivity contribution is 0.933. The van der Waals surface area contributed by atoms with Gasteiger partial charge in [-0.3, -0.25) is 9.38 Å². The summed E-state index contributed by atoms with van der Waals surface area (Å²) in [5.41, 5.74) is 5.73. The third kappa shape index (κ3) is 1.83. The van der Waals surface area contributed by atoms with Crippen molar-refractivity contribution in [2.24, 2.45) is 0 Å². The minimum absolute atomic E-state index is 0.973. The Morgan fingerprint density at radius 1 is 1.10 bits per heavy atom. The molecule has 1 aliphatic carbocycles. The zero-order valence-corrected chi connectivity index (χ0v) is 11.2. The molecule has 0 N–H and O–H groups in total. The number of hydrogen-bond donors (Lipinski definition) is 0. The van der Waals surface area contributed by atoms with Crippen LogP contribution in [-0.2, 0) is 0 Å². The summed E-state index contributed by atoms with van der Waals surface area (Å²) in [7, 11) is 0. The summed E-state index contributed by atoms with van der Waals surface area (Å²) in [5, 5.41) is 0. The van der Waals surface area contributed by atoms with E-state index in [1.807, 2.05) is 36.8 Å². The summed E-state index contributed by atoms with van der Waals surface area (Å²) < 4.78 is 2.11. The van der Waals surface area contributed by atoms with E-state index in [1.165, 1.54) is 24.0 Å². The average molecular weight is 261 g/mol. The van der Waals surface area contributed by atoms with E-state index in [0.29, 0.717) is 0 Å². The molecule has 3 heteroatoms. The molecule has 0 spiro atoms. The average Bonchev–Trinajstić information content (AvgIpc) is 3.17. The standard InChI is InChI=1S/C17H15N3/c1-2-6-13(5-1)15-11-14(8-9-18-15)16-12-19-17-7-3-4-10-20(16)17/h3-5,7-12H,1-2,6H2. The third-order valence-electron chi connectivity index (χ3n) is 3.84. The molecule has 0 aliphatic heterocycles. The van der Waals surface area contributed by atoms with Gasteiger partial charge in [0.05, 0.1) is 17.6 Å². The van der Waals surface area contributed by atoms with E-state index in [9.17, 15) is 0 Å². The Morgan fingerprint density at radius 2 is 2.10 bits per heavy atom. The highest BCUT2D eigenvalue weighted by molar-refractivity contribution is 5.71. The highest BCUT2D eigenvalue weighted by Gasteiger charge is 2.11. The molecule has 0 aromatic carbocycles. The fourth-order valence-electron chi connectivity index (χ4n) is 2.82. The number of rotatable bonds is 2. The first kappa shape index (κ1) is 11.4. The molecular formula is C17H15N3. The van der Waals surface area contributed by atoms with Crippen LogP contribution in [0.3, 0.4) is 0 Å². The van der Waals surface area contributed by atoms with Gasteiger partial charge in [0.15, 0.2) is 0 Å². The molecule has 1 aliphatic rings. The van der Waals surface area contributed by atoms with Crippen molar-refractivity contribution in [3.63, 3.8) is 0 Å². The molecule has 0 saturated heterocycles. The van der Waals surface area contributed by atoms with Gasteiger partial charge in [-0.05, 0) is 49.1 Å². The van der Waals surface area contributed by atoms with Crippen LogP contribution in [0.4, 0.5) is 0 Å². The van der Waals surface area contributed by atoms with Gasteiger partial charge < -0.3 is 0 Å². The van der Waals surface area contributed by atoms with E-state index in [-0.39, 0.29) is 0 Å². The molecule has 3 aromatic rings. The lowest BCUT2D eigenvalue weighted by Crippen LogP contribution is -1.91. The largest absolute Gasteiger partial charge is 0.300 e. The highest BCUT2D eigenvalue weighted by Crippen LogP contribution is 2.29. The van der Waals surface area contributed by atoms with Crippen molar-refractivity contribution in [3.8, 4) is 11.3 Å². The second kappa shape index (κ2) is 4.60. The first-order valence-electron chi connectivity index (χ1n) is 7.00. The number of nitrogens with zero attached hydrogens (tertiary/aromatic N) is 3. The van der Waals surface area contributed by atoms with Crippen LogP contribution in [0.2, 0.25) is 0 Å². The summed E-state index contributed by atoms with van der Waals surface area (Å²) in [6, 6.07) is 10.3. The molecule has 0 bridgehead atoms. The van der Waals surface area contributed by atoms with Gasteiger partial charge in [0.1, 0.15) is 5.65 Å². The highest BCUT2D eigenvalue weighted by atomic mass is 15.0. The number of pyridine rings is 2. The number of fused-ring (bicyclic) bond motifs is 1. The van der Waals surface area contributed by atoms with Crippen molar-refractivity contribution in [2.45, 2.75) is 19.3 Å². The van der Waals surface area contributed by atoms with Crippen molar-refractivity contribution in [1.82, 2.24) is 14.4 Å². The molecule has 3 heterocycles. The van der Waals surface area contributed by atoms with Crippen LogP contribution in [0, 0.1) is 0 Å². The molecule has 0 fully saturated rings. The van der Waals surface area contributed by atoms with Crippen molar-refractivity contribution in [3.05, 3.63) is 60.7 Å². The van der Waals surface area contributed by atoms with Crippen LogP contribution in [0.15, 0.2) is 55.0 Å². The van der Waals surface area contributed by atoms with Crippen LogP contribution >= 0.6 is 0 Å². The zero-order chi connectivity index (χ0) is 13.4. The lowest BCUT2D eigenvalue weighted by Gasteiger charge is -2.05. The first-order valence-corrected chi connectivity index (χ1v) is 7.00. The Balaban J connectivity index is 1.84. The lowest BCUT2D eigenvalue weighted by atomic mass is 10.1. The molecule has 0 saturated carbocycles.